The molecule has 9 heteroatoms. The lowest BCUT2D eigenvalue weighted by atomic mass is 10.2. The number of primary amides is 1. The van der Waals surface area contributed by atoms with Crippen molar-refractivity contribution in [3.05, 3.63) is 53.1 Å². The summed E-state index contributed by atoms with van der Waals surface area (Å²) >= 11 is 5.96. The Bertz CT molecular complexity index is 902. The van der Waals surface area contributed by atoms with Crippen molar-refractivity contribution < 1.29 is 19.1 Å². The normalized spacial score (nSPS) is 11.6. The van der Waals surface area contributed by atoms with Crippen LogP contribution in [0.1, 0.15) is 17.3 Å². The van der Waals surface area contributed by atoms with Crippen molar-refractivity contribution in [3.63, 3.8) is 0 Å². The molecule has 0 fully saturated rings. The van der Waals surface area contributed by atoms with E-state index in [1.165, 1.54) is 19.2 Å². The second-order valence-electron chi connectivity index (χ2n) is 6.41. The summed E-state index contributed by atoms with van der Waals surface area (Å²) in [6.45, 7) is 1.66. The van der Waals surface area contributed by atoms with Crippen molar-refractivity contribution >= 4 is 40.7 Å². The summed E-state index contributed by atoms with van der Waals surface area (Å²) in [4.78, 5) is 37.5. The molecule has 29 heavy (non-hydrogen) atoms. The number of nitrogens with zero attached hydrogens (tertiary/aromatic N) is 1. The van der Waals surface area contributed by atoms with Crippen LogP contribution in [0.15, 0.2) is 42.5 Å². The number of anilines is 2. The maximum Gasteiger partial charge on any atom is 0.248 e. The van der Waals surface area contributed by atoms with Crippen LogP contribution in [-0.4, -0.2) is 49.4 Å². The van der Waals surface area contributed by atoms with Crippen molar-refractivity contribution in [2.45, 2.75) is 13.0 Å². The number of nitrogens with one attached hydrogen (secondary N) is 2. The van der Waals surface area contributed by atoms with Gasteiger partial charge in [0, 0.05) is 16.3 Å². The molecule has 0 aliphatic heterocycles. The largest absolute Gasteiger partial charge is 0.495 e. The van der Waals surface area contributed by atoms with Gasteiger partial charge in [-0.25, -0.2) is 0 Å². The highest BCUT2D eigenvalue weighted by Crippen LogP contribution is 2.27. The molecule has 2 rings (SSSR count). The number of likely N-dealkylation sites (N-methyl/N-ethyl adjacent to an activating group) is 1. The molecule has 3 amide bonds. The number of ether oxygens (including phenoxy) is 1. The third-order valence-electron chi connectivity index (χ3n) is 4.31. The number of benzene rings is 2. The maximum atomic E-state index is 12.4. The molecule has 1 atom stereocenters. The van der Waals surface area contributed by atoms with Gasteiger partial charge in [-0.1, -0.05) is 11.6 Å². The average Bonchev–Trinajstić information content (AvgIpc) is 2.67. The number of halogens is 1. The van der Waals surface area contributed by atoms with E-state index in [-0.39, 0.29) is 18.4 Å². The molecule has 0 bridgehead atoms. The van der Waals surface area contributed by atoms with Gasteiger partial charge in [-0.15, -0.1) is 0 Å². The van der Waals surface area contributed by atoms with Gasteiger partial charge in [0.05, 0.1) is 25.4 Å². The topological polar surface area (TPSA) is 114 Å². The van der Waals surface area contributed by atoms with Gasteiger partial charge in [0.15, 0.2) is 0 Å². The van der Waals surface area contributed by atoms with E-state index in [9.17, 15) is 14.4 Å². The molecule has 0 saturated heterocycles. The van der Waals surface area contributed by atoms with E-state index in [1.807, 2.05) is 0 Å². The maximum absolute atomic E-state index is 12.4. The lowest BCUT2D eigenvalue weighted by molar-refractivity contribution is -0.122. The van der Waals surface area contributed by atoms with E-state index < -0.39 is 11.9 Å². The van der Waals surface area contributed by atoms with E-state index in [0.29, 0.717) is 27.7 Å². The van der Waals surface area contributed by atoms with Gasteiger partial charge in [0.2, 0.25) is 17.7 Å². The van der Waals surface area contributed by atoms with Gasteiger partial charge in [0.25, 0.3) is 0 Å². The molecule has 2 aromatic carbocycles. The molecule has 8 nitrogen and oxygen atoms in total. The quantitative estimate of drug-likeness (QED) is 0.608. The highest BCUT2D eigenvalue weighted by atomic mass is 35.5. The van der Waals surface area contributed by atoms with Gasteiger partial charge in [-0.2, -0.15) is 0 Å². The summed E-state index contributed by atoms with van der Waals surface area (Å²) in [7, 11) is 3.16. The molecular weight excluding hydrogens is 396 g/mol. The zero-order valence-electron chi connectivity index (χ0n) is 16.4. The van der Waals surface area contributed by atoms with Crippen LogP contribution in [0.2, 0.25) is 5.02 Å². The Balaban J connectivity index is 1.94. The summed E-state index contributed by atoms with van der Waals surface area (Å²) in [5.41, 5.74) is 6.51. The monoisotopic (exact) mass is 418 g/mol. The Hall–Kier alpha value is -3.10. The number of amides is 3. The molecule has 0 aliphatic rings. The second kappa shape index (κ2) is 9.90. The van der Waals surface area contributed by atoms with E-state index in [0.717, 1.165) is 0 Å². The first-order chi connectivity index (χ1) is 13.7. The van der Waals surface area contributed by atoms with Crippen molar-refractivity contribution in [2.75, 3.05) is 31.3 Å². The molecule has 0 unspecified atom stereocenters. The summed E-state index contributed by atoms with van der Waals surface area (Å²) in [5.74, 6) is -0.681. The zero-order chi connectivity index (χ0) is 21.6. The van der Waals surface area contributed by atoms with Crippen molar-refractivity contribution in [2.24, 2.45) is 5.73 Å². The number of methoxy groups -OCH3 is 1. The van der Waals surface area contributed by atoms with Crippen molar-refractivity contribution in [3.8, 4) is 5.75 Å². The molecule has 0 radical (unpaired) electrons. The van der Waals surface area contributed by atoms with Crippen LogP contribution in [0.5, 0.6) is 5.75 Å². The standard InChI is InChI=1S/C20H23ClN4O4/c1-12(20(28)23-15-7-4-13(5-8-15)19(22)27)25(2)11-18(26)24-16-10-14(21)6-9-17(16)29-3/h4-10,12H,11H2,1-3H3,(H2,22,27)(H,23,28)(H,24,26)/t12-/m1/s1. The predicted octanol–water partition coefficient (Wildman–Crippen LogP) is 2.34. The number of rotatable bonds is 8. The van der Waals surface area contributed by atoms with Gasteiger partial charge in [-0.05, 0) is 56.4 Å². The summed E-state index contributed by atoms with van der Waals surface area (Å²) in [6, 6.07) is 10.5. The van der Waals surface area contributed by atoms with Gasteiger partial charge >= 0.3 is 0 Å². The molecule has 4 N–H and O–H groups in total. The van der Waals surface area contributed by atoms with Crippen molar-refractivity contribution in [1.82, 2.24) is 4.90 Å². The van der Waals surface area contributed by atoms with E-state index in [1.54, 1.807) is 49.2 Å². The second-order valence-corrected chi connectivity index (χ2v) is 6.85. The van der Waals surface area contributed by atoms with Gasteiger partial charge in [-0.3, -0.25) is 19.3 Å². The first-order valence-corrected chi connectivity index (χ1v) is 9.13. The van der Waals surface area contributed by atoms with Crippen LogP contribution in [0.25, 0.3) is 0 Å². The summed E-state index contributed by atoms with van der Waals surface area (Å²) in [5, 5.41) is 5.93. The summed E-state index contributed by atoms with van der Waals surface area (Å²) in [6.07, 6.45) is 0. The Kier molecular flexibility index (Phi) is 7.58. The van der Waals surface area contributed by atoms with Gasteiger partial charge < -0.3 is 21.1 Å². The third kappa shape index (κ3) is 6.20. The molecule has 0 heterocycles. The fraction of sp³-hybridized carbons (Fsp3) is 0.250. The van der Waals surface area contributed by atoms with Crippen LogP contribution < -0.4 is 21.1 Å². The lowest BCUT2D eigenvalue weighted by Gasteiger charge is -2.23. The molecule has 2 aromatic rings. The van der Waals surface area contributed by atoms with E-state index >= 15 is 0 Å². The van der Waals surface area contributed by atoms with E-state index in [2.05, 4.69) is 10.6 Å². The first-order valence-electron chi connectivity index (χ1n) is 8.75. The molecular formula is C20H23ClN4O4. The van der Waals surface area contributed by atoms with Gasteiger partial charge in [0.1, 0.15) is 5.75 Å². The minimum absolute atomic E-state index is 0.0229. The fourth-order valence-electron chi connectivity index (χ4n) is 2.50. The van der Waals surface area contributed by atoms with Crippen LogP contribution in [0.3, 0.4) is 0 Å². The average molecular weight is 419 g/mol. The Labute approximate surface area is 174 Å². The van der Waals surface area contributed by atoms with Crippen LogP contribution in [0.4, 0.5) is 11.4 Å². The van der Waals surface area contributed by atoms with Crippen LogP contribution >= 0.6 is 11.6 Å². The minimum atomic E-state index is -0.585. The highest BCUT2D eigenvalue weighted by molar-refractivity contribution is 6.31. The number of hydrogen-bond acceptors (Lipinski definition) is 5. The first kappa shape index (κ1) is 22.2. The fourth-order valence-corrected chi connectivity index (χ4v) is 2.67. The summed E-state index contributed by atoms with van der Waals surface area (Å²) < 4.78 is 5.20. The van der Waals surface area contributed by atoms with E-state index in [4.69, 9.17) is 22.1 Å². The molecule has 0 saturated carbocycles. The lowest BCUT2D eigenvalue weighted by Crippen LogP contribution is -2.43. The molecule has 0 aromatic heterocycles. The molecule has 154 valence electrons. The van der Waals surface area contributed by atoms with Crippen LogP contribution in [0, 0.1) is 0 Å². The number of carbonyl (C=O) groups excluding carboxylic acids is 3. The highest BCUT2D eigenvalue weighted by Gasteiger charge is 2.21. The zero-order valence-corrected chi connectivity index (χ0v) is 17.1. The number of carbonyl (C=O) groups is 3. The number of hydrogen-bond donors (Lipinski definition) is 3. The number of nitrogens with two attached hydrogens (primary N) is 1. The Morgan fingerprint density at radius 1 is 1.14 bits per heavy atom. The Morgan fingerprint density at radius 3 is 2.38 bits per heavy atom. The van der Waals surface area contributed by atoms with Crippen LogP contribution in [-0.2, 0) is 9.59 Å². The predicted molar refractivity (Wildman–Crippen MR) is 112 cm³/mol. The minimum Gasteiger partial charge on any atom is -0.495 e. The van der Waals surface area contributed by atoms with Crippen molar-refractivity contribution in [1.29, 1.82) is 0 Å². The molecule has 0 spiro atoms. The molecule has 0 aliphatic carbocycles. The Morgan fingerprint density at radius 2 is 1.79 bits per heavy atom. The SMILES string of the molecule is COc1ccc(Cl)cc1NC(=O)CN(C)[C@H](C)C(=O)Nc1ccc(C(N)=O)cc1. The third-order valence-corrected chi connectivity index (χ3v) is 4.54. The smallest absolute Gasteiger partial charge is 0.248 e.